The number of nitrogens with zero attached hydrogens (tertiary/aromatic N) is 3. The number of hydrogen-bond donors (Lipinski definition) is 1. The molecule has 0 atom stereocenters. The number of amides is 1. The van der Waals surface area contributed by atoms with Crippen LogP contribution in [0, 0.1) is 17.6 Å². The van der Waals surface area contributed by atoms with Crippen molar-refractivity contribution in [2.45, 2.75) is 12.8 Å². The van der Waals surface area contributed by atoms with Crippen molar-refractivity contribution in [3.05, 3.63) is 60.4 Å². The summed E-state index contributed by atoms with van der Waals surface area (Å²) in [5, 5.41) is 11.0. The number of rotatable bonds is 4. The average molecular weight is 384 g/mol. The summed E-state index contributed by atoms with van der Waals surface area (Å²) in [7, 11) is 0. The molecule has 4 rings (SSSR count). The summed E-state index contributed by atoms with van der Waals surface area (Å²) in [6.45, 7) is 1.28. The van der Waals surface area contributed by atoms with Gasteiger partial charge >= 0.3 is 0 Å². The molecule has 8 heteroatoms. The molecule has 1 aromatic carbocycles. The van der Waals surface area contributed by atoms with Gasteiger partial charge in [0.1, 0.15) is 17.3 Å². The molecular formula is C20H18F2N4O2. The number of aromatic nitrogens is 2. The summed E-state index contributed by atoms with van der Waals surface area (Å²) >= 11 is 0. The molecule has 3 heterocycles. The van der Waals surface area contributed by atoms with Crippen LogP contribution < -0.4 is 10.2 Å². The number of carbonyl (C=O) groups is 1. The molecular weight excluding hydrogens is 366 g/mol. The Hall–Kier alpha value is -3.29. The largest absolute Gasteiger partial charge is 0.463 e. The molecule has 2 aromatic heterocycles. The Bertz CT molecular complexity index is 953. The Balaban J connectivity index is 1.34. The molecule has 144 valence electrons. The number of furan rings is 1. The van der Waals surface area contributed by atoms with Gasteiger partial charge in [0, 0.05) is 25.1 Å². The molecule has 0 unspecified atom stereocenters. The molecule has 0 spiro atoms. The lowest BCUT2D eigenvalue weighted by Gasteiger charge is -2.31. The maximum atomic E-state index is 13.7. The van der Waals surface area contributed by atoms with Gasteiger partial charge in [0.15, 0.2) is 11.6 Å². The van der Waals surface area contributed by atoms with Gasteiger partial charge in [-0.25, -0.2) is 8.78 Å². The van der Waals surface area contributed by atoms with Gasteiger partial charge in [0.05, 0.1) is 12.0 Å². The fraction of sp³-hybridized carbons (Fsp3) is 0.250. The Morgan fingerprint density at radius 2 is 1.93 bits per heavy atom. The number of halogens is 2. The molecule has 0 saturated carbocycles. The second-order valence-corrected chi connectivity index (χ2v) is 6.63. The van der Waals surface area contributed by atoms with Gasteiger partial charge in [-0.1, -0.05) is 0 Å². The summed E-state index contributed by atoms with van der Waals surface area (Å²) in [5.74, 6) is -0.567. The van der Waals surface area contributed by atoms with Gasteiger partial charge in [0.2, 0.25) is 5.91 Å². The van der Waals surface area contributed by atoms with Crippen LogP contribution in [-0.4, -0.2) is 29.2 Å². The fourth-order valence-electron chi connectivity index (χ4n) is 3.25. The van der Waals surface area contributed by atoms with Gasteiger partial charge in [-0.3, -0.25) is 4.79 Å². The zero-order valence-corrected chi connectivity index (χ0v) is 14.9. The molecule has 1 aliphatic heterocycles. The van der Waals surface area contributed by atoms with E-state index in [4.69, 9.17) is 4.42 Å². The van der Waals surface area contributed by atoms with E-state index in [1.54, 1.807) is 12.3 Å². The van der Waals surface area contributed by atoms with Crippen LogP contribution in [0.3, 0.4) is 0 Å². The second-order valence-electron chi connectivity index (χ2n) is 6.63. The quantitative estimate of drug-likeness (QED) is 0.739. The molecule has 0 bridgehead atoms. The van der Waals surface area contributed by atoms with E-state index < -0.39 is 11.6 Å². The number of benzene rings is 1. The van der Waals surface area contributed by atoms with Crippen molar-refractivity contribution in [1.82, 2.24) is 10.2 Å². The molecule has 1 aliphatic rings. The summed E-state index contributed by atoms with van der Waals surface area (Å²) in [6, 6.07) is 10.4. The van der Waals surface area contributed by atoms with Crippen LogP contribution in [0.2, 0.25) is 0 Å². The zero-order chi connectivity index (χ0) is 19.5. The molecule has 1 fully saturated rings. The third-order valence-corrected chi connectivity index (χ3v) is 4.80. The van der Waals surface area contributed by atoms with Gasteiger partial charge in [0.25, 0.3) is 0 Å². The van der Waals surface area contributed by atoms with E-state index in [2.05, 4.69) is 20.4 Å². The van der Waals surface area contributed by atoms with Crippen molar-refractivity contribution in [2.24, 2.45) is 5.92 Å². The van der Waals surface area contributed by atoms with E-state index in [9.17, 15) is 13.6 Å². The second kappa shape index (κ2) is 7.75. The SMILES string of the molecule is O=C(Nc1ccc(F)cc1F)C1CCN(c2ccc(-c3ccco3)nn2)CC1. The van der Waals surface area contributed by atoms with E-state index >= 15 is 0 Å². The standard InChI is InChI=1S/C20H18F2N4O2/c21-14-3-4-16(15(22)12-14)23-20(27)13-7-9-26(10-8-13)19-6-5-17(24-25-19)18-2-1-11-28-18/h1-6,11-13H,7-10H2,(H,23,27). The third kappa shape index (κ3) is 3.85. The number of anilines is 2. The topological polar surface area (TPSA) is 71.3 Å². The predicted molar refractivity (Wildman–Crippen MR) is 99.7 cm³/mol. The van der Waals surface area contributed by atoms with Crippen LogP contribution >= 0.6 is 0 Å². The van der Waals surface area contributed by atoms with Crippen molar-refractivity contribution in [1.29, 1.82) is 0 Å². The first kappa shape index (κ1) is 18.1. The highest BCUT2D eigenvalue weighted by Crippen LogP contribution is 2.25. The van der Waals surface area contributed by atoms with Crippen molar-refractivity contribution >= 4 is 17.4 Å². The van der Waals surface area contributed by atoms with Crippen LogP contribution in [0.4, 0.5) is 20.3 Å². The van der Waals surface area contributed by atoms with Crippen molar-refractivity contribution in [2.75, 3.05) is 23.3 Å². The normalized spacial score (nSPS) is 14.9. The highest BCUT2D eigenvalue weighted by atomic mass is 19.1. The van der Waals surface area contributed by atoms with Gasteiger partial charge < -0.3 is 14.6 Å². The Morgan fingerprint density at radius 3 is 2.57 bits per heavy atom. The molecule has 28 heavy (non-hydrogen) atoms. The molecule has 1 saturated heterocycles. The van der Waals surface area contributed by atoms with Crippen molar-refractivity contribution in [3.63, 3.8) is 0 Å². The van der Waals surface area contributed by atoms with Crippen LogP contribution in [0.1, 0.15) is 12.8 Å². The van der Waals surface area contributed by atoms with E-state index in [1.807, 2.05) is 18.2 Å². The lowest BCUT2D eigenvalue weighted by Crippen LogP contribution is -2.38. The fourth-order valence-corrected chi connectivity index (χ4v) is 3.25. The predicted octanol–water partition coefficient (Wildman–Crippen LogP) is 3.87. The van der Waals surface area contributed by atoms with Gasteiger partial charge in [-0.15, -0.1) is 10.2 Å². The van der Waals surface area contributed by atoms with E-state index in [1.165, 1.54) is 6.07 Å². The van der Waals surface area contributed by atoms with Crippen LogP contribution in [-0.2, 0) is 4.79 Å². The summed E-state index contributed by atoms with van der Waals surface area (Å²) in [4.78, 5) is 14.5. The number of hydrogen-bond acceptors (Lipinski definition) is 5. The highest BCUT2D eigenvalue weighted by molar-refractivity contribution is 5.92. The molecule has 1 N–H and O–H groups in total. The number of nitrogens with one attached hydrogen (secondary N) is 1. The minimum Gasteiger partial charge on any atom is -0.463 e. The lowest BCUT2D eigenvalue weighted by atomic mass is 9.95. The molecule has 1 amide bonds. The first-order valence-corrected chi connectivity index (χ1v) is 8.98. The van der Waals surface area contributed by atoms with Crippen LogP contribution in [0.25, 0.3) is 11.5 Å². The van der Waals surface area contributed by atoms with Crippen molar-refractivity contribution in [3.8, 4) is 11.5 Å². The molecule has 0 radical (unpaired) electrons. The maximum Gasteiger partial charge on any atom is 0.227 e. The Labute approximate surface area is 160 Å². The van der Waals surface area contributed by atoms with E-state index in [0.717, 1.165) is 18.0 Å². The average Bonchev–Trinajstić information content (AvgIpc) is 3.25. The minimum absolute atomic E-state index is 0.00629. The summed E-state index contributed by atoms with van der Waals surface area (Å²) < 4.78 is 32.0. The smallest absolute Gasteiger partial charge is 0.227 e. The first-order valence-electron chi connectivity index (χ1n) is 8.98. The van der Waals surface area contributed by atoms with Crippen molar-refractivity contribution < 1.29 is 18.0 Å². The molecule has 3 aromatic rings. The summed E-state index contributed by atoms with van der Waals surface area (Å²) in [6.07, 6.45) is 2.80. The monoisotopic (exact) mass is 384 g/mol. The highest BCUT2D eigenvalue weighted by Gasteiger charge is 2.26. The van der Waals surface area contributed by atoms with E-state index in [-0.39, 0.29) is 17.5 Å². The Morgan fingerprint density at radius 1 is 1.11 bits per heavy atom. The van der Waals surface area contributed by atoms with Crippen LogP contribution in [0.15, 0.2) is 53.1 Å². The Kier molecular flexibility index (Phi) is 5.01. The molecule has 0 aliphatic carbocycles. The lowest BCUT2D eigenvalue weighted by molar-refractivity contribution is -0.120. The number of carbonyl (C=O) groups excluding carboxylic acids is 1. The maximum absolute atomic E-state index is 13.7. The van der Waals surface area contributed by atoms with Gasteiger partial charge in [-0.05, 0) is 49.2 Å². The number of piperidine rings is 1. The molecule has 6 nitrogen and oxygen atoms in total. The minimum atomic E-state index is -0.780. The van der Waals surface area contributed by atoms with Crippen LogP contribution in [0.5, 0.6) is 0 Å². The first-order chi connectivity index (χ1) is 13.6. The summed E-state index contributed by atoms with van der Waals surface area (Å²) in [5.41, 5.74) is 0.651. The van der Waals surface area contributed by atoms with Gasteiger partial charge in [-0.2, -0.15) is 0 Å². The third-order valence-electron chi connectivity index (χ3n) is 4.80. The zero-order valence-electron chi connectivity index (χ0n) is 14.9. The van der Waals surface area contributed by atoms with E-state index in [0.29, 0.717) is 37.4 Å².